The Morgan fingerprint density at radius 3 is 2.57 bits per heavy atom. The third-order valence-corrected chi connectivity index (χ3v) is 12.1. The van der Waals surface area contributed by atoms with Gasteiger partial charge in [0.15, 0.2) is 13.4 Å². The summed E-state index contributed by atoms with van der Waals surface area (Å²) >= 11 is 1.36. The summed E-state index contributed by atoms with van der Waals surface area (Å²) in [5.74, 6) is -0.635. The maximum absolute atomic E-state index is 12.9. The molecule has 2 N–H and O–H groups in total. The highest BCUT2D eigenvalue weighted by Gasteiger charge is 2.38. The summed E-state index contributed by atoms with van der Waals surface area (Å²) < 4.78 is 11.0. The molecule has 35 heavy (non-hydrogen) atoms. The van der Waals surface area contributed by atoms with E-state index < -0.39 is 26.2 Å². The van der Waals surface area contributed by atoms with Gasteiger partial charge < -0.3 is 24.7 Å². The first-order valence-corrected chi connectivity index (χ1v) is 16.0. The summed E-state index contributed by atoms with van der Waals surface area (Å²) in [4.78, 5) is 44.3. The normalized spacial score (nSPS) is 17.7. The van der Waals surface area contributed by atoms with E-state index >= 15 is 0 Å². The summed E-state index contributed by atoms with van der Waals surface area (Å²) in [5, 5.41) is 8.09. The van der Waals surface area contributed by atoms with Crippen molar-refractivity contribution in [3.8, 4) is 0 Å². The minimum absolute atomic E-state index is 0.0283. The van der Waals surface area contributed by atoms with Gasteiger partial charge >= 0.3 is 5.97 Å². The SMILES string of the molecule is COC(=O)[C@H](CO[Si](C)(C)C(C)(C)C)NC(=O)c1csc(N2CCC[C@H](C(=O)NCC(C)C)C2)n1. The van der Waals surface area contributed by atoms with Crippen LogP contribution >= 0.6 is 11.3 Å². The number of methoxy groups -OCH3 is 1. The van der Waals surface area contributed by atoms with Crippen molar-refractivity contribution in [2.24, 2.45) is 11.8 Å². The molecule has 0 aromatic carbocycles. The predicted molar refractivity (Wildman–Crippen MR) is 141 cm³/mol. The van der Waals surface area contributed by atoms with E-state index in [1.54, 1.807) is 5.38 Å². The molecule has 9 nitrogen and oxygen atoms in total. The molecule has 1 aliphatic rings. The van der Waals surface area contributed by atoms with Crippen molar-refractivity contribution in [2.45, 2.75) is 71.6 Å². The summed E-state index contributed by atoms with van der Waals surface area (Å²) in [5.41, 5.74) is 0.234. The zero-order valence-corrected chi connectivity index (χ0v) is 24.2. The molecule has 1 fully saturated rings. The summed E-state index contributed by atoms with van der Waals surface area (Å²) in [7, 11) is -0.825. The molecule has 2 amide bonds. The van der Waals surface area contributed by atoms with E-state index in [1.807, 2.05) is 0 Å². The fourth-order valence-corrected chi connectivity index (χ4v) is 5.24. The lowest BCUT2D eigenvalue weighted by atomic mass is 9.97. The standard InChI is InChI=1S/C24H42N4O5SSi/c1-16(2)12-25-20(29)17-10-9-11-28(13-17)23-27-19(15-34-23)21(30)26-18(22(31)32-6)14-33-35(7,8)24(3,4)5/h15-18H,9-14H2,1-8H3,(H,25,29)(H,26,30)/t17-,18-/m0/s1. The number of thiazole rings is 1. The second kappa shape index (κ2) is 12.3. The van der Waals surface area contributed by atoms with Crippen molar-refractivity contribution in [2.75, 3.05) is 38.3 Å². The molecular weight excluding hydrogens is 484 g/mol. The number of carbonyl (C=O) groups excluding carboxylic acids is 3. The Bertz CT molecular complexity index is 884. The minimum atomic E-state index is -2.12. The van der Waals surface area contributed by atoms with Gasteiger partial charge in [-0.25, -0.2) is 9.78 Å². The quantitative estimate of drug-likeness (QED) is 0.355. The number of hydrogen-bond donors (Lipinski definition) is 2. The lowest BCUT2D eigenvalue weighted by molar-refractivity contribution is -0.143. The second-order valence-electron chi connectivity index (χ2n) is 11.1. The molecule has 2 atom stereocenters. The van der Waals surface area contributed by atoms with E-state index in [-0.39, 0.29) is 29.2 Å². The Morgan fingerprint density at radius 1 is 1.29 bits per heavy atom. The smallest absolute Gasteiger partial charge is 0.330 e. The van der Waals surface area contributed by atoms with Crippen molar-refractivity contribution in [1.29, 1.82) is 0 Å². The van der Waals surface area contributed by atoms with Gasteiger partial charge in [-0.3, -0.25) is 9.59 Å². The lowest BCUT2D eigenvalue weighted by Crippen LogP contribution is -2.49. The van der Waals surface area contributed by atoms with Crippen LogP contribution < -0.4 is 15.5 Å². The molecule has 2 rings (SSSR count). The molecule has 0 radical (unpaired) electrons. The van der Waals surface area contributed by atoms with Crippen LogP contribution in [0.3, 0.4) is 0 Å². The fourth-order valence-electron chi connectivity index (χ4n) is 3.38. The van der Waals surface area contributed by atoms with Crippen LogP contribution in [0.15, 0.2) is 5.38 Å². The van der Waals surface area contributed by atoms with Gasteiger partial charge in [0.1, 0.15) is 11.7 Å². The van der Waals surface area contributed by atoms with E-state index in [9.17, 15) is 14.4 Å². The zero-order valence-electron chi connectivity index (χ0n) is 22.4. The third kappa shape index (κ3) is 8.28. The van der Waals surface area contributed by atoms with E-state index in [4.69, 9.17) is 9.16 Å². The predicted octanol–water partition coefficient (Wildman–Crippen LogP) is 3.42. The second-order valence-corrected chi connectivity index (χ2v) is 16.7. The Morgan fingerprint density at radius 2 is 1.97 bits per heavy atom. The zero-order chi connectivity index (χ0) is 26.4. The molecule has 0 bridgehead atoms. The molecule has 0 saturated carbocycles. The Balaban J connectivity index is 2.02. The van der Waals surface area contributed by atoms with Crippen molar-refractivity contribution in [1.82, 2.24) is 15.6 Å². The van der Waals surface area contributed by atoms with Crippen molar-refractivity contribution in [3.63, 3.8) is 0 Å². The number of ether oxygens (including phenoxy) is 1. The van der Waals surface area contributed by atoms with Crippen LogP contribution in [0.4, 0.5) is 5.13 Å². The van der Waals surface area contributed by atoms with Gasteiger partial charge in [-0.15, -0.1) is 11.3 Å². The average Bonchev–Trinajstić information content (AvgIpc) is 3.29. The molecular formula is C24H42N4O5SSi. The Labute approximate surface area is 214 Å². The molecule has 0 spiro atoms. The van der Waals surface area contributed by atoms with Crippen molar-refractivity contribution < 1.29 is 23.5 Å². The van der Waals surface area contributed by atoms with E-state index in [2.05, 4.69) is 68.2 Å². The van der Waals surface area contributed by atoms with Crippen molar-refractivity contribution in [3.05, 3.63) is 11.1 Å². The number of hydrogen-bond acceptors (Lipinski definition) is 8. The molecule has 1 aromatic rings. The molecule has 11 heteroatoms. The molecule has 1 aliphatic heterocycles. The van der Waals surface area contributed by atoms with Gasteiger partial charge in [0.25, 0.3) is 5.91 Å². The number of nitrogens with zero attached hydrogens (tertiary/aromatic N) is 2. The van der Waals surface area contributed by atoms with E-state index in [1.165, 1.54) is 18.4 Å². The molecule has 1 saturated heterocycles. The average molecular weight is 527 g/mol. The van der Waals surface area contributed by atoms with Gasteiger partial charge in [-0.2, -0.15) is 0 Å². The Hall–Kier alpha value is -1.98. The third-order valence-electron chi connectivity index (χ3n) is 6.68. The van der Waals surface area contributed by atoms with E-state index in [0.29, 0.717) is 24.1 Å². The van der Waals surface area contributed by atoms with Crippen LogP contribution in [0, 0.1) is 11.8 Å². The largest absolute Gasteiger partial charge is 0.467 e. The number of anilines is 1. The number of esters is 1. The van der Waals surface area contributed by atoms with Crippen LogP contribution in [0.25, 0.3) is 0 Å². The van der Waals surface area contributed by atoms with Crippen LogP contribution in [-0.4, -0.2) is 70.5 Å². The molecule has 0 aliphatic carbocycles. The minimum Gasteiger partial charge on any atom is -0.467 e. The maximum Gasteiger partial charge on any atom is 0.330 e. The molecule has 1 aromatic heterocycles. The van der Waals surface area contributed by atoms with Gasteiger partial charge in [-0.1, -0.05) is 34.6 Å². The summed E-state index contributed by atoms with van der Waals surface area (Å²) in [6.45, 7) is 16.7. The topological polar surface area (TPSA) is 110 Å². The monoisotopic (exact) mass is 526 g/mol. The van der Waals surface area contributed by atoms with Crippen LogP contribution in [-0.2, 0) is 18.8 Å². The maximum atomic E-state index is 12.9. The number of piperidine rings is 1. The molecule has 198 valence electrons. The van der Waals surface area contributed by atoms with Crippen LogP contribution in [0.5, 0.6) is 0 Å². The highest BCUT2D eigenvalue weighted by molar-refractivity contribution is 7.13. The first-order valence-electron chi connectivity index (χ1n) is 12.3. The van der Waals surface area contributed by atoms with Crippen LogP contribution in [0.1, 0.15) is 57.9 Å². The first-order chi connectivity index (χ1) is 16.2. The number of amides is 2. The summed E-state index contributed by atoms with van der Waals surface area (Å²) in [6, 6.07) is -0.921. The first kappa shape index (κ1) is 29.2. The van der Waals surface area contributed by atoms with Gasteiger partial charge in [0, 0.05) is 25.0 Å². The van der Waals surface area contributed by atoms with Gasteiger partial charge in [0.05, 0.1) is 19.6 Å². The van der Waals surface area contributed by atoms with Gasteiger partial charge in [-0.05, 0) is 36.9 Å². The Kier molecular flexibility index (Phi) is 10.3. The highest BCUT2D eigenvalue weighted by atomic mass is 32.1. The van der Waals surface area contributed by atoms with E-state index in [0.717, 1.165) is 19.4 Å². The molecule has 0 unspecified atom stereocenters. The van der Waals surface area contributed by atoms with Gasteiger partial charge in [0.2, 0.25) is 5.91 Å². The van der Waals surface area contributed by atoms with Crippen molar-refractivity contribution >= 4 is 42.6 Å². The lowest BCUT2D eigenvalue weighted by Gasteiger charge is -2.37. The summed E-state index contributed by atoms with van der Waals surface area (Å²) in [6.07, 6.45) is 1.73. The number of carbonyl (C=O) groups is 3. The number of aromatic nitrogens is 1. The highest BCUT2D eigenvalue weighted by Crippen LogP contribution is 2.36. The van der Waals surface area contributed by atoms with Crippen LogP contribution in [0.2, 0.25) is 18.1 Å². The molecule has 2 heterocycles. The number of nitrogens with one attached hydrogen (secondary N) is 2. The fraction of sp³-hybridized carbons (Fsp3) is 0.750. The number of rotatable bonds is 10.